The summed E-state index contributed by atoms with van der Waals surface area (Å²) >= 11 is 3.56. The van der Waals surface area contributed by atoms with Crippen molar-refractivity contribution in [2.75, 3.05) is 18.0 Å². The molecule has 2 nitrogen and oxygen atoms in total. The predicted molar refractivity (Wildman–Crippen MR) is 82.3 cm³/mol. The SMILES string of the molecule is OCc1ccc(N2CCC3CCCCC3C2)cc1Br. The number of anilines is 1. The lowest BCUT2D eigenvalue weighted by molar-refractivity contribution is 0.202. The molecule has 1 saturated heterocycles. The summed E-state index contributed by atoms with van der Waals surface area (Å²) in [6, 6.07) is 6.35. The van der Waals surface area contributed by atoms with E-state index in [2.05, 4.69) is 33.0 Å². The number of aliphatic hydroxyl groups excluding tert-OH is 1. The molecule has 1 saturated carbocycles. The van der Waals surface area contributed by atoms with Crippen molar-refractivity contribution in [2.24, 2.45) is 11.8 Å². The lowest BCUT2D eigenvalue weighted by Gasteiger charge is -2.42. The van der Waals surface area contributed by atoms with E-state index in [0.29, 0.717) is 0 Å². The van der Waals surface area contributed by atoms with E-state index in [-0.39, 0.29) is 6.61 Å². The Hall–Kier alpha value is -0.540. The predicted octanol–water partition coefficient (Wildman–Crippen LogP) is 3.96. The van der Waals surface area contributed by atoms with Crippen molar-refractivity contribution < 1.29 is 5.11 Å². The summed E-state index contributed by atoms with van der Waals surface area (Å²) < 4.78 is 1.03. The van der Waals surface area contributed by atoms with Crippen molar-refractivity contribution in [2.45, 2.75) is 38.7 Å². The highest BCUT2D eigenvalue weighted by Gasteiger charge is 2.31. The second-order valence-electron chi connectivity index (χ2n) is 5.97. The van der Waals surface area contributed by atoms with Crippen molar-refractivity contribution >= 4 is 21.6 Å². The Bertz CT molecular complexity index is 448. The van der Waals surface area contributed by atoms with E-state index in [1.165, 1.54) is 50.9 Å². The van der Waals surface area contributed by atoms with Gasteiger partial charge in [0, 0.05) is 23.2 Å². The monoisotopic (exact) mass is 323 g/mol. The second kappa shape index (κ2) is 5.84. The van der Waals surface area contributed by atoms with Gasteiger partial charge in [-0.2, -0.15) is 0 Å². The van der Waals surface area contributed by atoms with Gasteiger partial charge in [0.05, 0.1) is 6.61 Å². The largest absolute Gasteiger partial charge is 0.392 e. The maximum Gasteiger partial charge on any atom is 0.0692 e. The van der Waals surface area contributed by atoms with Gasteiger partial charge in [-0.25, -0.2) is 0 Å². The Kier molecular flexibility index (Phi) is 4.13. The number of hydrogen-bond donors (Lipinski definition) is 1. The molecule has 104 valence electrons. The van der Waals surface area contributed by atoms with Crippen LogP contribution in [0.1, 0.15) is 37.7 Å². The number of nitrogens with zero attached hydrogens (tertiary/aromatic N) is 1. The van der Waals surface area contributed by atoms with Crippen molar-refractivity contribution in [3.05, 3.63) is 28.2 Å². The van der Waals surface area contributed by atoms with E-state index in [4.69, 9.17) is 0 Å². The van der Waals surface area contributed by atoms with E-state index < -0.39 is 0 Å². The zero-order valence-corrected chi connectivity index (χ0v) is 12.9. The van der Waals surface area contributed by atoms with Gasteiger partial charge < -0.3 is 10.0 Å². The van der Waals surface area contributed by atoms with Crippen molar-refractivity contribution in [3.63, 3.8) is 0 Å². The molecule has 2 fully saturated rings. The van der Waals surface area contributed by atoms with E-state index in [1.807, 2.05) is 6.07 Å². The van der Waals surface area contributed by atoms with Crippen LogP contribution in [0.25, 0.3) is 0 Å². The van der Waals surface area contributed by atoms with Crippen LogP contribution in [0.2, 0.25) is 0 Å². The molecule has 1 aliphatic carbocycles. The topological polar surface area (TPSA) is 23.5 Å². The molecule has 3 rings (SSSR count). The summed E-state index contributed by atoms with van der Waals surface area (Å²) in [5.41, 5.74) is 2.27. The first-order chi connectivity index (χ1) is 9.28. The van der Waals surface area contributed by atoms with Gasteiger partial charge in [0.15, 0.2) is 0 Å². The van der Waals surface area contributed by atoms with Crippen LogP contribution >= 0.6 is 15.9 Å². The van der Waals surface area contributed by atoms with E-state index in [0.717, 1.165) is 21.9 Å². The summed E-state index contributed by atoms with van der Waals surface area (Å²) in [7, 11) is 0. The van der Waals surface area contributed by atoms with Gasteiger partial charge in [-0.05, 0) is 42.4 Å². The van der Waals surface area contributed by atoms with Crippen LogP contribution in [0.5, 0.6) is 0 Å². The summed E-state index contributed by atoms with van der Waals surface area (Å²) in [6.07, 6.45) is 7.08. The quantitative estimate of drug-likeness (QED) is 0.890. The number of aliphatic hydroxyl groups is 1. The molecule has 2 aliphatic rings. The zero-order valence-electron chi connectivity index (χ0n) is 11.3. The van der Waals surface area contributed by atoms with Crippen molar-refractivity contribution in [1.29, 1.82) is 0 Å². The Morgan fingerprint density at radius 1 is 1.16 bits per heavy atom. The Morgan fingerprint density at radius 2 is 1.95 bits per heavy atom. The molecule has 0 spiro atoms. The smallest absolute Gasteiger partial charge is 0.0692 e. The van der Waals surface area contributed by atoms with Gasteiger partial charge in [0.25, 0.3) is 0 Å². The van der Waals surface area contributed by atoms with E-state index in [1.54, 1.807) is 0 Å². The molecule has 3 heteroatoms. The lowest BCUT2D eigenvalue weighted by atomic mass is 9.75. The van der Waals surface area contributed by atoms with Crippen LogP contribution in [0, 0.1) is 11.8 Å². The third-order valence-corrected chi connectivity index (χ3v) is 5.60. The van der Waals surface area contributed by atoms with Gasteiger partial charge in [0.1, 0.15) is 0 Å². The highest BCUT2D eigenvalue weighted by Crippen LogP contribution is 2.38. The zero-order chi connectivity index (χ0) is 13.2. The molecule has 0 amide bonds. The molecule has 1 heterocycles. The molecule has 1 N–H and O–H groups in total. The Morgan fingerprint density at radius 3 is 2.68 bits per heavy atom. The summed E-state index contributed by atoms with van der Waals surface area (Å²) in [4.78, 5) is 2.53. The number of piperidine rings is 1. The fourth-order valence-corrected chi connectivity index (χ4v) is 4.19. The van der Waals surface area contributed by atoms with Gasteiger partial charge in [-0.1, -0.05) is 41.3 Å². The lowest BCUT2D eigenvalue weighted by Crippen LogP contribution is -2.41. The third kappa shape index (κ3) is 2.82. The first-order valence-corrected chi connectivity index (χ1v) is 8.21. The molecule has 2 atom stereocenters. The second-order valence-corrected chi connectivity index (χ2v) is 6.83. The van der Waals surface area contributed by atoms with Gasteiger partial charge >= 0.3 is 0 Å². The van der Waals surface area contributed by atoms with Gasteiger partial charge in [0.2, 0.25) is 0 Å². The standard InChI is InChI=1S/C16H22BrNO/c17-16-9-15(6-5-14(16)11-19)18-8-7-12-3-1-2-4-13(12)10-18/h5-6,9,12-13,19H,1-4,7-8,10-11H2. The Labute approximate surface area is 123 Å². The van der Waals surface area contributed by atoms with Gasteiger partial charge in [-0.3, -0.25) is 0 Å². The van der Waals surface area contributed by atoms with Crippen molar-refractivity contribution in [1.82, 2.24) is 0 Å². The minimum absolute atomic E-state index is 0.103. The fraction of sp³-hybridized carbons (Fsp3) is 0.625. The van der Waals surface area contributed by atoms with Crippen LogP contribution in [-0.2, 0) is 6.61 Å². The summed E-state index contributed by atoms with van der Waals surface area (Å²) in [5.74, 6) is 1.88. The average Bonchev–Trinajstić information content (AvgIpc) is 2.46. The first-order valence-electron chi connectivity index (χ1n) is 7.42. The average molecular weight is 324 g/mol. The molecule has 0 aromatic heterocycles. The molecule has 0 bridgehead atoms. The molecule has 0 radical (unpaired) electrons. The van der Waals surface area contributed by atoms with Crippen LogP contribution in [0.15, 0.2) is 22.7 Å². The van der Waals surface area contributed by atoms with E-state index >= 15 is 0 Å². The maximum absolute atomic E-state index is 9.23. The molecular weight excluding hydrogens is 302 g/mol. The van der Waals surface area contributed by atoms with Gasteiger partial charge in [-0.15, -0.1) is 0 Å². The summed E-state index contributed by atoms with van der Waals surface area (Å²) in [5, 5.41) is 9.23. The number of rotatable bonds is 2. The molecule has 1 aliphatic heterocycles. The number of halogens is 1. The number of benzene rings is 1. The normalized spacial score (nSPS) is 27.2. The van der Waals surface area contributed by atoms with Crippen LogP contribution < -0.4 is 4.90 Å². The first kappa shape index (κ1) is 13.4. The minimum Gasteiger partial charge on any atom is -0.392 e. The number of fused-ring (bicyclic) bond motifs is 1. The summed E-state index contributed by atoms with van der Waals surface area (Å²) in [6.45, 7) is 2.51. The highest BCUT2D eigenvalue weighted by atomic mass is 79.9. The van der Waals surface area contributed by atoms with Crippen molar-refractivity contribution in [3.8, 4) is 0 Å². The van der Waals surface area contributed by atoms with Crippen LogP contribution in [0.3, 0.4) is 0 Å². The highest BCUT2D eigenvalue weighted by molar-refractivity contribution is 9.10. The minimum atomic E-state index is 0.103. The van der Waals surface area contributed by atoms with Crippen LogP contribution in [0.4, 0.5) is 5.69 Å². The van der Waals surface area contributed by atoms with Crippen LogP contribution in [-0.4, -0.2) is 18.2 Å². The third-order valence-electron chi connectivity index (χ3n) is 4.86. The van der Waals surface area contributed by atoms with E-state index in [9.17, 15) is 5.11 Å². The fourth-order valence-electron chi connectivity index (χ4n) is 3.70. The number of hydrogen-bond acceptors (Lipinski definition) is 2. The maximum atomic E-state index is 9.23. The molecule has 19 heavy (non-hydrogen) atoms. The molecule has 2 unspecified atom stereocenters. The molecule has 1 aromatic rings. The molecule has 1 aromatic carbocycles. The Balaban J connectivity index is 1.74. The molecular formula is C16H22BrNO.